The molecule has 0 radical (unpaired) electrons. The third kappa shape index (κ3) is 2.41. The van der Waals surface area contributed by atoms with Crippen LogP contribution in [0.15, 0.2) is 45.7 Å². The van der Waals surface area contributed by atoms with E-state index < -0.39 is 9.84 Å². The second kappa shape index (κ2) is 4.90. The van der Waals surface area contributed by atoms with E-state index in [0.29, 0.717) is 29.9 Å². The molecule has 1 aromatic heterocycles. The maximum Gasteiger partial charge on any atom is 0.185 e. The summed E-state index contributed by atoms with van der Waals surface area (Å²) in [4.78, 5) is 12.0. The zero-order chi connectivity index (χ0) is 14.2. The fourth-order valence-corrected chi connectivity index (χ4v) is 3.67. The molecule has 0 spiro atoms. The molecule has 1 heterocycles. The van der Waals surface area contributed by atoms with Gasteiger partial charge in [0, 0.05) is 12.8 Å². The Morgan fingerprint density at radius 2 is 1.85 bits per heavy atom. The van der Waals surface area contributed by atoms with E-state index in [1.165, 1.54) is 0 Å². The maximum atomic E-state index is 12.3. The lowest BCUT2D eigenvalue weighted by atomic mass is 9.97. The van der Waals surface area contributed by atoms with Crippen LogP contribution < -0.4 is 0 Å². The monoisotopic (exact) mass is 290 g/mol. The molecule has 1 aliphatic carbocycles. The van der Waals surface area contributed by atoms with Crippen LogP contribution in [0.1, 0.15) is 34.7 Å². The number of Topliss-reactive ketones (excluding diaryl/α,β-unsaturated/α-hetero) is 1. The normalized spacial score (nSPS) is 15.1. The van der Waals surface area contributed by atoms with Gasteiger partial charge in [-0.1, -0.05) is 18.2 Å². The summed E-state index contributed by atoms with van der Waals surface area (Å²) in [5, 5.41) is 0. The Kier molecular flexibility index (Phi) is 3.22. The molecule has 0 saturated carbocycles. The molecule has 3 rings (SSSR count). The van der Waals surface area contributed by atoms with E-state index in [-0.39, 0.29) is 16.4 Å². The van der Waals surface area contributed by atoms with Gasteiger partial charge in [0.05, 0.1) is 10.5 Å². The van der Waals surface area contributed by atoms with Crippen molar-refractivity contribution >= 4 is 15.6 Å². The number of furan rings is 1. The van der Waals surface area contributed by atoms with Crippen LogP contribution >= 0.6 is 0 Å². The zero-order valence-electron chi connectivity index (χ0n) is 10.8. The second-order valence-electron chi connectivity index (χ2n) is 4.90. The van der Waals surface area contributed by atoms with Gasteiger partial charge in [0.2, 0.25) is 0 Å². The van der Waals surface area contributed by atoms with Gasteiger partial charge >= 0.3 is 0 Å². The molecule has 104 valence electrons. The van der Waals surface area contributed by atoms with Crippen LogP contribution in [-0.4, -0.2) is 14.2 Å². The summed E-state index contributed by atoms with van der Waals surface area (Å²) >= 11 is 0. The van der Waals surface area contributed by atoms with Crippen molar-refractivity contribution in [1.82, 2.24) is 0 Å². The van der Waals surface area contributed by atoms with E-state index in [1.807, 2.05) is 0 Å². The van der Waals surface area contributed by atoms with Crippen LogP contribution in [0.2, 0.25) is 0 Å². The first-order valence-corrected chi connectivity index (χ1v) is 8.14. The smallest absolute Gasteiger partial charge is 0.185 e. The van der Waals surface area contributed by atoms with E-state index in [4.69, 9.17) is 4.42 Å². The number of ketones is 1. The highest BCUT2D eigenvalue weighted by molar-refractivity contribution is 7.90. The van der Waals surface area contributed by atoms with Gasteiger partial charge in [-0.3, -0.25) is 4.79 Å². The first-order chi connectivity index (χ1) is 9.56. The third-order valence-corrected chi connectivity index (χ3v) is 5.06. The average molecular weight is 290 g/mol. The van der Waals surface area contributed by atoms with Gasteiger partial charge in [-0.2, -0.15) is 0 Å². The van der Waals surface area contributed by atoms with Gasteiger partial charge in [0.15, 0.2) is 15.6 Å². The molecule has 0 fully saturated rings. The second-order valence-corrected chi connectivity index (χ2v) is 6.89. The fraction of sp³-hybridized carbons (Fsp3) is 0.267. The lowest BCUT2D eigenvalue weighted by molar-refractivity contribution is 0.0969. The third-order valence-electron chi connectivity index (χ3n) is 3.40. The van der Waals surface area contributed by atoms with Gasteiger partial charge in [-0.05, 0) is 24.6 Å². The Morgan fingerprint density at radius 3 is 2.55 bits per heavy atom. The molecular weight excluding hydrogens is 276 g/mol. The van der Waals surface area contributed by atoms with Crippen LogP contribution in [0.3, 0.4) is 0 Å². The molecule has 4 nitrogen and oxygen atoms in total. The molecule has 1 aliphatic rings. The summed E-state index contributed by atoms with van der Waals surface area (Å²) in [6.45, 7) is 0. The van der Waals surface area contributed by atoms with Crippen molar-refractivity contribution in [3.05, 3.63) is 53.5 Å². The van der Waals surface area contributed by atoms with Gasteiger partial charge in [-0.15, -0.1) is 0 Å². The van der Waals surface area contributed by atoms with Crippen LogP contribution in [0.4, 0.5) is 0 Å². The predicted octanol–water partition coefficient (Wildman–Crippen LogP) is 2.77. The van der Waals surface area contributed by atoms with Crippen molar-refractivity contribution in [2.75, 3.05) is 0 Å². The topological polar surface area (TPSA) is 64.3 Å². The Labute approximate surface area is 117 Å². The minimum Gasteiger partial charge on any atom is -0.464 e. The molecule has 20 heavy (non-hydrogen) atoms. The predicted molar refractivity (Wildman–Crippen MR) is 73.3 cm³/mol. The molecule has 2 aromatic rings. The van der Waals surface area contributed by atoms with E-state index >= 15 is 0 Å². The number of benzene rings is 1. The lowest BCUT2D eigenvalue weighted by Crippen LogP contribution is -2.07. The number of rotatable bonds is 3. The average Bonchev–Trinajstić information content (AvgIpc) is 2.83. The molecule has 0 bridgehead atoms. The van der Waals surface area contributed by atoms with Gasteiger partial charge in [0.1, 0.15) is 17.3 Å². The maximum absolute atomic E-state index is 12.3. The molecular formula is C15H14O4S. The molecule has 0 atom stereocenters. The van der Waals surface area contributed by atoms with E-state index in [9.17, 15) is 13.2 Å². The number of aryl methyl sites for hydroxylation is 1. The van der Waals surface area contributed by atoms with E-state index in [0.717, 1.165) is 6.42 Å². The minimum absolute atomic E-state index is 0.0401. The highest BCUT2D eigenvalue weighted by Crippen LogP contribution is 2.27. The van der Waals surface area contributed by atoms with Crippen molar-refractivity contribution in [1.29, 1.82) is 0 Å². The van der Waals surface area contributed by atoms with Gasteiger partial charge < -0.3 is 4.42 Å². The summed E-state index contributed by atoms with van der Waals surface area (Å²) in [5.41, 5.74) is 0.550. The molecule has 0 saturated heterocycles. The summed E-state index contributed by atoms with van der Waals surface area (Å²) in [6, 6.07) is 9.83. The zero-order valence-corrected chi connectivity index (χ0v) is 11.7. The quantitative estimate of drug-likeness (QED) is 0.872. The Balaban J connectivity index is 1.91. The summed E-state index contributed by atoms with van der Waals surface area (Å²) in [5.74, 6) is 0.795. The number of hydrogen-bond acceptors (Lipinski definition) is 4. The van der Waals surface area contributed by atoms with Crippen molar-refractivity contribution in [2.24, 2.45) is 0 Å². The van der Waals surface area contributed by atoms with Crippen molar-refractivity contribution in [3.63, 3.8) is 0 Å². The van der Waals surface area contributed by atoms with Gasteiger partial charge in [0.25, 0.3) is 0 Å². The number of carbonyl (C=O) groups is 1. The first kappa shape index (κ1) is 13.1. The van der Waals surface area contributed by atoms with Gasteiger partial charge in [-0.25, -0.2) is 8.42 Å². The Bertz CT molecular complexity index is 741. The molecule has 0 aliphatic heterocycles. The van der Waals surface area contributed by atoms with E-state index in [1.54, 1.807) is 36.4 Å². The number of sulfone groups is 1. The van der Waals surface area contributed by atoms with Crippen molar-refractivity contribution < 1.29 is 17.6 Å². The number of carbonyl (C=O) groups excluding carboxylic acids is 1. The van der Waals surface area contributed by atoms with Crippen LogP contribution in [0, 0.1) is 0 Å². The molecule has 1 aromatic carbocycles. The van der Waals surface area contributed by atoms with Crippen LogP contribution in [0.5, 0.6) is 0 Å². The number of fused-ring (bicyclic) bond motifs is 1. The van der Waals surface area contributed by atoms with Crippen molar-refractivity contribution in [2.45, 2.75) is 29.9 Å². The molecule has 0 unspecified atom stereocenters. The molecule has 0 amide bonds. The van der Waals surface area contributed by atoms with E-state index in [2.05, 4.69) is 0 Å². The number of hydrogen-bond donors (Lipinski definition) is 0. The highest BCUT2D eigenvalue weighted by atomic mass is 32.2. The van der Waals surface area contributed by atoms with Crippen LogP contribution in [-0.2, 0) is 22.0 Å². The summed E-state index contributed by atoms with van der Waals surface area (Å²) in [7, 11) is -3.44. The van der Waals surface area contributed by atoms with Crippen molar-refractivity contribution in [3.8, 4) is 0 Å². The molecule has 5 heteroatoms. The lowest BCUT2D eigenvalue weighted by Gasteiger charge is -2.06. The molecule has 0 N–H and O–H groups in total. The first-order valence-electron chi connectivity index (χ1n) is 6.49. The summed E-state index contributed by atoms with van der Waals surface area (Å²) in [6.07, 6.45) is 1.98. The van der Waals surface area contributed by atoms with Crippen LogP contribution in [0.25, 0.3) is 0 Å². The standard InChI is InChI=1S/C15H14O4S/c16-14-7-4-8-15-13(14)9-11(19-15)10-20(17,18)12-5-2-1-3-6-12/h1-3,5-6,9H,4,7-8,10H2. The fourth-order valence-electron chi connectivity index (χ4n) is 2.42. The Hall–Kier alpha value is -1.88. The highest BCUT2D eigenvalue weighted by Gasteiger charge is 2.24. The minimum atomic E-state index is -3.44. The largest absolute Gasteiger partial charge is 0.464 e. The SMILES string of the molecule is O=C1CCCc2oc(CS(=O)(=O)c3ccccc3)cc21. The summed E-state index contributed by atoms with van der Waals surface area (Å²) < 4.78 is 30.0. The Morgan fingerprint density at radius 1 is 1.10 bits per heavy atom.